The number of aromatic nitrogens is 4. The number of pyridine rings is 1. The zero-order valence-electron chi connectivity index (χ0n) is 15.8. The largest absolute Gasteiger partial charge is 0.497 e. The smallest absolute Gasteiger partial charge is 0.187 e. The molecule has 0 unspecified atom stereocenters. The Morgan fingerprint density at radius 3 is 2.71 bits per heavy atom. The molecule has 6 nitrogen and oxygen atoms in total. The van der Waals surface area contributed by atoms with Gasteiger partial charge in [-0.25, -0.2) is 4.98 Å². The lowest BCUT2D eigenvalue weighted by atomic mass is 10.0. The van der Waals surface area contributed by atoms with Gasteiger partial charge in [-0.15, -0.1) is 0 Å². The maximum absolute atomic E-state index is 12.6. The second-order valence-electron chi connectivity index (χ2n) is 6.73. The number of benzene rings is 1. The molecule has 142 valence electrons. The van der Waals surface area contributed by atoms with Crippen LogP contribution in [0, 0.1) is 13.8 Å². The second kappa shape index (κ2) is 7.13. The summed E-state index contributed by atoms with van der Waals surface area (Å²) in [6.07, 6.45) is 1.96. The number of aromatic amines is 2. The molecule has 1 aromatic carbocycles. The average Bonchev–Trinajstić information content (AvgIpc) is 3.24. The van der Waals surface area contributed by atoms with Gasteiger partial charge in [-0.3, -0.25) is 9.89 Å². The maximum Gasteiger partial charge on any atom is 0.187 e. The highest BCUT2D eigenvalue weighted by Gasteiger charge is 2.16. The van der Waals surface area contributed by atoms with Gasteiger partial charge in [0.1, 0.15) is 17.1 Å². The number of halogens is 1. The Balaban J connectivity index is 1.63. The molecule has 0 fully saturated rings. The van der Waals surface area contributed by atoms with Crippen molar-refractivity contribution in [2.45, 2.75) is 20.3 Å². The minimum Gasteiger partial charge on any atom is -0.497 e. The molecule has 0 aliphatic rings. The first-order chi connectivity index (χ1) is 13.5. The molecule has 7 heteroatoms. The van der Waals surface area contributed by atoms with Gasteiger partial charge in [0.25, 0.3) is 0 Å². The second-order valence-corrected chi connectivity index (χ2v) is 7.14. The van der Waals surface area contributed by atoms with Crippen LogP contribution < -0.4 is 4.74 Å². The van der Waals surface area contributed by atoms with E-state index in [0.717, 1.165) is 39.1 Å². The third-order valence-corrected chi connectivity index (χ3v) is 5.19. The monoisotopic (exact) mass is 394 g/mol. The molecule has 4 rings (SSSR count). The normalized spacial score (nSPS) is 11.1. The minimum absolute atomic E-state index is 0.0306. The van der Waals surface area contributed by atoms with Crippen molar-refractivity contribution in [2.75, 3.05) is 7.11 Å². The van der Waals surface area contributed by atoms with Crippen LogP contribution in [0.3, 0.4) is 0 Å². The van der Waals surface area contributed by atoms with Gasteiger partial charge in [0.2, 0.25) is 0 Å². The number of Topliss-reactive ketones (excluding diaryl/α,β-unsaturated/α-hetero) is 1. The Bertz CT molecular complexity index is 1190. The van der Waals surface area contributed by atoms with Crippen LogP contribution in [-0.2, 0) is 6.42 Å². The third kappa shape index (κ3) is 3.27. The zero-order chi connectivity index (χ0) is 19.8. The van der Waals surface area contributed by atoms with Crippen molar-refractivity contribution in [3.8, 4) is 17.0 Å². The Morgan fingerprint density at radius 1 is 1.21 bits per heavy atom. The summed E-state index contributed by atoms with van der Waals surface area (Å²) >= 11 is 6.38. The third-order valence-electron chi connectivity index (χ3n) is 4.88. The van der Waals surface area contributed by atoms with Crippen molar-refractivity contribution in [3.63, 3.8) is 0 Å². The van der Waals surface area contributed by atoms with E-state index in [1.54, 1.807) is 19.4 Å². The lowest BCUT2D eigenvalue weighted by Gasteiger charge is -2.04. The number of aryl methyl sites for hydroxylation is 1. The van der Waals surface area contributed by atoms with Crippen LogP contribution in [0.15, 0.2) is 36.5 Å². The fraction of sp³-hybridized carbons (Fsp3) is 0.190. The fourth-order valence-electron chi connectivity index (χ4n) is 3.17. The highest BCUT2D eigenvalue weighted by molar-refractivity contribution is 6.33. The van der Waals surface area contributed by atoms with Crippen molar-refractivity contribution in [1.29, 1.82) is 0 Å². The molecular weight excluding hydrogens is 376 g/mol. The Labute approximate surface area is 166 Å². The lowest BCUT2D eigenvalue weighted by Crippen LogP contribution is -2.06. The van der Waals surface area contributed by atoms with E-state index in [-0.39, 0.29) is 12.2 Å². The molecule has 4 aromatic rings. The quantitative estimate of drug-likeness (QED) is 0.482. The molecule has 3 heterocycles. The summed E-state index contributed by atoms with van der Waals surface area (Å²) in [7, 11) is 1.60. The molecule has 0 bridgehead atoms. The van der Waals surface area contributed by atoms with E-state index < -0.39 is 0 Å². The number of hydrogen-bond donors (Lipinski definition) is 2. The van der Waals surface area contributed by atoms with E-state index in [2.05, 4.69) is 20.2 Å². The molecule has 2 N–H and O–H groups in total. The van der Waals surface area contributed by atoms with Crippen molar-refractivity contribution in [2.24, 2.45) is 0 Å². The number of H-pyrrole nitrogens is 2. The van der Waals surface area contributed by atoms with E-state index in [4.69, 9.17) is 16.3 Å². The summed E-state index contributed by atoms with van der Waals surface area (Å²) in [5, 5.41) is 8.48. The van der Waals surface area contributed by atoms with Gasteiger partial charge in [0.05, 0.1) is 12.1 Å². The molecular formula is C21H19ClN4O2. The fourth-order valence-corrected chi connectivity index (χ4v) is 3.44. The van der Waals surface area contributed by atoms with Gasteiger partial charge in [-0.05, 0) is 49.7 Å². The summed E-state index contributed by atoms with van der Waals surface area (Å²) < 4.78 is 5.20. The number of nitrogens with zero attached hydrogens (tertiary/aromatic N) is 2. The Morgan fingerprint density at radius 2 is 2.04 bits per heavy atom. The Hall–Kier alpha value is -3.12. The van der Waals surface area contributed by atoms with Crippen molar-refractivity contribution < 1.29 is 9.53 Å². The van der Waals surface area contributed by atoms with Crippen LogP contribution in [0.4, 0.5) is 0 Å². The number of methoxy groups -OCH3 is 1. The number of carbonyl (C=O) groups is 1. The van der Waals surface area contributed by atoms with Gasteiger partial charge in [0, 0.05) is 40.5 Å². The molecule has 28 heavy (non-hydrogen) atoms. The summed E-state index contributed by atoms with van der Waals surface area (Å²) in [4.78, 5) is 20.3. The van der Waals surface area contributed by atoms with Crippen LogP contribution in [0.2, 0.25) is 5.02 Å². The van der Waals surface area contributed by atoms with Crippen LogP contribution in [0.5, 0.6) is 5.75 Å². The molecule has 0 aliphatic heterocycles. The first kappa shape index (κ1) is 18.3. The van der Waals surface area contributed by atoms with Crippen LogP contribution in [0.25, 0.3) is 22.3 Å². The SMILES string of the molecule is COc1ccc(-c2cc3cc(CC(=O)c4n[nH]c(C)c4C)cnc3[nH]2)c(Cl)c1. The number of ether oxygens (including phenoxy) is 1. The molecule has 0 aliphatic carbocycles. The predicted octanol–water partition coefficient (Wildman–Crippen LogP) is 4.66. The summed E-state index contributed by atoms with van der Waals surface area (Å²) in [5.74, 6) is 0.671. The first-order valence-corrected chi connectivity index (χ1v) is 9.20. The van der Waals surface area contributed by atoms with E-state index in [9.17, 15) is 4.79 Å². The van der Waals surface area contributed by atoms with Crippen LogP contribution in [-0.4, -0.2) is 33.1 Å². The zero-order valence-corrected chi connectivity index (χ0v) is 16.5. The first-order valence-electron chi connectivity index (χ1n) is 8.82. The minimum atomic E-state index is -0.0306. The van der Waals surface area contributed by atoms with Gasteiger partial charge in [0.15, 0.2) is 5.78 Å². The van der Waals surface area contributed by atoms with Gasteiger partial charge >= 0.3 is 0 Å². The van der Waals surface area contributed by atoms with E-state index >= 15 is 0 Å². The van der Waals surface area contributed by atoms with E-state index in [0.29, 0.717) is 16.5 Å². The highest BCUT2D eigenvalue weighted by Crippen LogP contribution is 2.32. The topological polar surface area (TPSA) is 83.7 Å². The summed E-state index contributed by atoms with van der Waals surface area (Å²) in [5.41, 5.74) is 5.57. The number of fused-ring (bicyclic) bond motifs is 1. The number of carbonyl (C=O) groups excluding carboxylic acids is 1. The lowest BCUT2D eigenvalue weighted by molar-refractivity contribution is 0.0987. The van der Waals surface area contributed by atoms with Crippen LogP contribution >= 0.6 is 11.6 Å². The molecule has 0 saturated carbocycles. The van der Waals surface area contributed by atoms with E-state index in [1.165, 1.54) is 0 Å². The number of rotatable bonds is 5. The molecule has 3 aromatic heterocycles. The standard InChI is InChI=1S/C21H19ClN4O2/c1-11-12(2)25-26-20(11)19(27)7-13-6-14-8-18(24-21(14)23-10-13)16-5-4-15(28-3)9-17(16)22/h4-6,8-10H,7H2,1-3H3,(H,23,24)(H,25,26). The molecule has 0 atom stereocenters. The summed E-state index contributed by atoms with van der Waals surface area (Å²) in [6, 6.07) is 9.48. The molecule has 0 amide bonds. The van der Waals surface area contributed by atoms with Crippen molar-refractivity contribution in [1.82, 2.24) is 20.2 Å². The number of ketones is 1. The predicted molar refractivity (Wildman–Crippen MR) is 109 cm³/mol. The molecule has 0 saturated heterocycles. The molecule has 0 spiro atoms. The Kier molecular flexibility index (Phi) is 4.65. The summed E-state index contributed by atoms with van der Waals surface area (Å²) in [6.45, 7) is 3.79. The van der Waals surface area contributed by atoms with Crippen LogP contribution in [0.1, 0.15) is 27.3 Å². The molecule has 0 radical (unpaired) electrons. The average molecular weight is 395 g/mol. The number of hydrogen-bond acceptors (Lipinski definition) is 4. The van der Waals surface area contributed by atoms with Gasteiger partial charge < -0.3 is 9.72 Å². The van der Waals surface area contributed by atoms with Crippen molar-refractivity contribution >= 4 is 28.4 Å². The number of nitrogens with one attached hydrogen (secondary N) is 2. The maximum atomic E-state index is 12.6. The van der Waals surface area contributed by atoms with Crippen molar-refractivity contribution in [3.05, 3.63) is 64.1 Å². The van der Waals surface area contributed by atoms with E-state index in [1.807, 2.05) is 38.1 Å². The van der Waals surface area contributed by atoms with Gasteiger partial charge in [-0.1, -0.05) is 11.6 Å². The van der Waals surface area contributed by atoms with Gasteiger partial charge in [-0.2, -0.15) is 5.10 Å². The highest BCUT2D eigenvalue weighted by atomic mass is 35.5.